The van der Waals surface area contributed by atoms with E-state index in [1.807, 2.05) is 25.1 Å². The fourth-order valence-electron chi connectivity index (χ4n) is 1.86. The number of carbonyl (C=O) groups excluding carboxylic acids is 2. The number of amides is 1. The molecule has 0 unspecified atom stereocenters. The SMILES string of the molecule is Cc1cccc(NC(=O)C[C@H]([NH2+]CCC[NH3+])C(=O)[O-])c1. The highest BCUT2D eigenvalue weighted by Crippen LogP contribution is 2.09. The van der Waals surface area contributed by atoms with E-state index in [2.05, 4.69) is 11.1 Å². The number of anilines is 1. The van der Waals surface area contributed by atoms with E-state index in [0.717, 1.165) is 18.5 Å². The molecular weight excluding hydrogens is 258 g/mol. The predicted molar refractivity (Wildman–Crippen MR) is 72.4 cm³/mol. The molecule has 1 atom stereocenters. The van der Waals surface area contributed by atoms with Gasteiger partial charge in [0.25, 0.3) is 0 Å². The first-order chi connectivity index (χ1) is 9.52. The molecule has 0 radical (unpaired) electrons. The van der Waals surface area contributed by atoms with Crippen molar-refractivity contribution in [3.63, 3.8) is 0 Å². The average molecular weight is 280 g/mol. The van der Waals surface area contributed by atoms with Gasteiger partial charge in [0.2, 0.25) is 5.91 Å². The maximum atomic E-state index is 11.8. The highest BCUT2D eigenvalue weighted by molar-refractivity contribution is 5.93. The van der Waals surface area contributed by atoms with Crippen molar-refractivity contribution in [2.45, 2.75) is 25.8 Å². The van der Waals surface area contributed by atoms with Gasteiger partial charge < -0.3 is 26.3 Å². The van der Waals surface area contributed by atoms with Gasteiger partial charge in [0.05, 0.1) is 25.5 Å². The van der Waals surface area contributed by atoms with Crippen molar-refractivity contribution in [3.8, 4) is 0 Å². The molecular formula is C14H22N3O3+. The molecule has 0 bridgehead atoms. The van der Waals surface area contributed by atoms with Crippen LogP contribution in [0.25, 0.3) is 0 Å². The summed E-state index contributed by atoms with van der Waals surface area (Å²) in [7, 11) is 0. The molecule has 1 rings (SSSR count). The van der Waals surface area contributed by atoms with E-state index in [-0.39, 0.29) is 12.3 Å². The third-order valence-corrected chi connectivity index (χ3v) is 2.92. The molecule has 6 N–H and O–H groups in total. The molecule has 20 heavy (non-hydrogen) atoms. The Bertz CT molecular complexity index is 463. The van der Waals surface area contributed by atoms with Crippen LogP contribution in [0.3, 0.4) is 0 Å². The van der Waals surface area contributed by atoms with E-state index in [1.54, 1.807) is 11.4 Å². The molecule has 0 aliphatic rings. The Hall–Kier alpha value is -1.92. The predicted octanol–water partition coefficient (Wildman–Crippen LogP) is -2.36. The molecule has 6 heteroatoms. The summed E-state index contributed by atoms with van der Waals surface area (Å²) in [5.41, 5.74) is 5.39. The largest absolute Gasteiger partial charge is 0.544 e. The molecule has 0 fully saturated rings. The summed E-state index contributed by atoms with van der Waals surface area (Å²) in [5.74, 6) is -1.54. The standard InChI is InChI=1S/C14H21N3O3/c1-10-4-2-5-11(8-10)17-13(18)9-12(14(19)20)16-7-3-6-15/h2,4-5,8,12,16H,3,6-7,9,15H2,1H3,(H,17,18)(H,19,20)/p+1/t12-/m0/s1. The summed E-state index contributed by atoms with van der Waals surface area (Å²) in [6.45, 7) is 3.29. The molecule has 0 heterocycles. The summed E-state index contributed by atoms with van der Waals surface area (Å²) in [5, 5.41) is 15.3. The molecule has 1 aromatic rings. The number of nitrogens with one attached hydrogen (secondary N) is 1. The fraction of sp³-hybridized carbons (Fsp3) is 0.429. The van der Waals surface area contributed by atoms with Crippen LogP contribution in [0, 0.1) is 6.92 Å². The van der Waals surface area contributed by atoms with E-state index in [1.165, 1.54) is 0 Å². The Morgan fingerprint density at radius 2 is 2.20 bits per heavy atom. The number of nitrogens with two attached hydrogens (primary N) is 1. The number of carboxylic acids is 1. The van der Waals surface area contributed by atoms with Crippen LogP contribution in [0.5, 0.6) is 0 Å². The summed E-state index contributed by atoms with van der Waals surface area (Å²) < 4.78 is 0. The van der Waals surface area contributed by atoms with Crippen molar-refractivity contribution < 1.29 is 25.7 Å². The second-order valence-electron chi connectivity index (χ2n) is 4.78. The third kappa shape index (κ3) is 5.81. The Morgan fingerprint density at radius 1 is 1.45 bits per heavy atom. The minimum atomic E-state index is -1.21. The quantitative estimate of drug-likeness (QED) is 0.463. The lowest BCUT2D eigenvalue weighted by Gasteiger charge is -2.16. The summed E-state index contributed by atoms with van der Waals surface area (Å²) in [6, 6.07) is 6.50. The maximum Gasteiger partial charge on any atom is 0.230 e. The van der Waals surface area contributed by atoms with Crippen molar-refractivity contribution >= 4 is 17.6 Å². The molecule has 0 saturated carbocycles. The van der Waals surface area contributed by atoms with Gasteiger partial charge in [-0.25, -0.2) is 0 Å². The van der Waals surface area contributed by atoms with Gasteiger partial charge in [0.15, 0.2) is 0 Å². The maximum absolute atomic E-state index is 11.8. The van der Waals surface area contributed by atoms with Crippen molar-refractivity contribution in [3.05, 3.63) is 29.8 Å². The van der Waals surface area contributed by atoms with Gasteiger partial charge in [-0.3, -0.25) is 4.79 Å². The fourth-order valence-corrected chi connectivity index (χ4v) is 1.86. The lowest BCUT2D eigenvalue weighted by atomic mass is 10.1. The Balaban J connectivity index is 2.51. The number of aryl methyl sites for hydroxylation is 1. The molecule has 0 aliphatic carbocycles. The van der Waals surface area contributed by atoms with Gasteiger partial charge in [0, 0.05) is 12.1 Å². The van der Waals surface area contributed by atoms with Gasteiger partial charge in [0.1, 0.15) is 6.04 Å². The summed E-state index contributed by atoms with van der Waals surface area (Å²) in [6.07, 6.45) is 0.705. The van der Waals surface area contributed by atoms with E-state index in [9.17, 15) is 14.7 Å². The second-order valence-corrected chi connectivity index (χ2v) is 4.78. The minimum absolute atomic E-state index is 0.104. The number of rotatable bonds is 8. The first-order valence-corrected chi connectivity index (χ1v) is 6.73. The van der Waals surface area contributed by atoms with E-state index in [0.29, 0.717) is 12.2 Å². The van der Waals surface area contributed by atoms with E-state index >= 15 is 0 Å². The van der Waals surface area contributed by atoms with Crippen molar-refractivity contribution in [1.82, 2.24) is 0 Å². The number of benzene rings is 1. The molecule has 0 aromatic heterocycles. The van der Waals surface area contributed by atoms with Crippen LogP contribution < -0.4 is 21.5 Å². The third-order valence-electron chi connectivity index (χ3n) is 2.92. The lowest BCUT2D eigenvalue weighted by Crippen LogP contribution is -2.93. The van der Waals surface area contributed by atoms with Crippen LogP contribution in [-0.2, 0) is 9.59 Å². The van der Waals surface area contributed by atoms with Crippen molar-refractivity contribution in [1.29, 1.82) is 0 Å². The van der Waals surface area contributed by atoms with Crippen LogP contribution in [0.2, 0.25) is 0 Å². The van der Waals surface area contributed by atoms with Gasteiger partial charge in [-0.2, -0.15) is 0 Å². The number of quaternary nitrogens is 2. The molecule has 6 nitrogen and oxygen atoms in total. The van der Waals surface area contributed by atoms with Crippen LogP contribution >= 0.6 is 0 Å². The van der Waals surface area contributed by atoms with Crippen LogP contribution in [0.4, 0.5) is 5.69 Å². The van der Waals surface area contributed by atoms with Crippen LogP contribution in [0.15, 0.2) is 24.3 Å². The molecule has 1 aromatic carbocycles. The first kappa shape index (κ1) is 16.1. The van der Waals surface area contributed by atoms with Gasteiger partial charge >= 0.3 is 0 Å². The zero-order valence-electron chi connectivity index (χ0n) is 11.7. The Labute approximate surface area is 118 Å². The van der Waals surface area contributed by atoms with Crippen LogP contribution in [0.1, 0.15) is 18.4 Å². The number of hydrogen-bond donors (Lipinski definition) is 3. The van der Waals surface area contributed by atoms with E-state index < -0.39 is 12.0 Å². The molecule has 1 amide bonds. The zero-order valence-corrected chi connectivity index (χ0v) is 11.7. The van der Waals surface area contributed by atoms with E-state index in [4.69, 9.17) is 0 Å². The molecule has 0 spiro atoms. The number of carbonyl (C=O) groups is 2. The zero-order chi connectivity index (χ0) is 15.0. The number of hydrogen-bond acceptors (Lipinski definition) is 3. The lowest BCUT2D eigenvalue weighted by molar-refractivity contribution is -0.684. The molecule has 0 aliphatic heterocycles. The Morgan fingerprint density at radius 3 is 2.80 bits per heavy atom. The summed E-state index contributed by atoms with van der Waals surface area (Å²) in [4.78, 5) is 22.8. The second kappa shape index (κ2) is 8.29. The van der Waals surface area contributed by atoms with Crippen molar-refractivity contribution in [2.75, 3.05) is 18.4 Å². The topological polar surface area (TPSA) is 113 Å². The molecule has 0 saturated heterocycles. The van der Waals surface area contributed by atoms with Crippen LogP contribution in [-0.4, -0.2) is 31.0 Å². The van der Waals surface area contributed by atoms with Gasteiger partial charge in [-0.15, -0.1) is 0 Å². The molecule has 110 valence electrons. The highest BCUT2D eigenvalue weighted by Gasteiger charge is 2.18. The van der Waals surface area contributed by atoms with Crippen molar-refractivity contribution in [2.24, 2.45) is 0 Å². The minimum Gasteiger partial charge on any atom is -0.544 e. The Kier molecular flexibility index (Phi) is 6.69. The first-order valence-electron chi connectivity index (χ1n) is 6.73. The van der Waals surface area contributed by atoms with Gasteiger partial charge in [-0.1, -0.05) is 12.1 Å². The number of aliphatic carboxylic acids is 1. The normalized spacial score (nSPS) is 11.9. The van der Waals surface area contributed by atoms with Gasteiger partial charge in [-0.05, 0) is 24.6 Å². The summed E-state index contributed by atoms with van der Waals surface area (Å²) >= 11 is 0. The smallest absolute Gasteiger partial charge is 0.230 e. The number of carboxylic acid groups (broad SMARTS) is 1. The highest BCUT2D eigenvalue weighted by atomic mass is 16.4. The monoisotopic (exact) mass is 280 g/mol. The average Bonchev–Trinajstić information content (AvgIpc) is 2.37.